The number of rotatable bonds is 5. The molecule has 0 spiro atoms. The van der Waals surface area contributed by atoms with Crippen LogP contribution in [0.15, 0.2) is 35.5 Å². The molecule has 0 bridgehead atoms. The summed E-state index contributed by atoms with van der Waals surface area (Å²) in [5.41, 5.74) is 3.04. The van der Waals surface area contributed by atoms with E-state index in [4.69, 9.17) is 5.73 Å². The molecule has 8 nitrogen and oxygen atoms in total. The molecule has 31 heavy (non-hydrogen) atoms. The lowest BCUT2D eigenvalue weighted by Crippen LogP contribution is -2.46. The second-order valence-corrected chi connectivity index (χ2v) is 6.69. The molecule has 2 atom stereocenters. The minimum Gasteiger partial charge on any atom is -0.461 e. The van der Waals surface area contributed by atoms with Gasteiger partial charge in [0.2, 0.25) is 6.86 Å². The van der Waals surface area contributed by atoms with Gasteiger partial charge in [0.25, 0.3) is 11.9 Å². The fourth-order valence-corrected chi connectivity index (χ4v) is 2.93. The molecule has 2 aromatic heterocycles. The number of carbonyl (C=O) groups is 1. The summed E-state index contributed by atoms with van der Waals surface area (Å²) in [6.45, 7) is 0.158. The average molecular weight is 445 g/mol. The number of aliphatic imine (C=N–C) groups is 1. The molecule has 0 fully saturated rings. The standard InChI is InChI=1S/C18H16F5N5O3/c1-17(6-12(18(21,22)23)31-16(24)28-17)14-10(20)3-5-13(26-14)27-15(29)11-4-2-9(7-25-11)30-8-19/h2-5,7,12H,6,8H2,1H3,(H2,24,28)(H,26,27,29). The van der Waals surface area contributed by atoms with Gasteiger partial charge in [-0.2, -0.15) is 13.2 Å². The molecule has 166 valence electrons. The Hall–Kier alpha value is -3.51. The van der Waals surface area contributed by atoms with Crippen LogP contribution in [0.4, 0.5) is 27.8 Å². The number of nitrogens with zero attached hydrogens (tertiary/aromatic N) is 3. The van der Waals surface area contributed by atoms with Gasteiger partial charge in [-0.25, -0.2) is 23.7 Å². The minimum atomic E-state index is -4.76. The first-order valence-corrected chi connectivity index (χ1v) is 8.74. The van der Waals surface area contributed by atoms with Crippen molar-refractivity contribution in [2.24, 2.45) is 10.7 Å². The van der Waals surface area contributed by atoms with Crippen LogP contribution in [-0.4, -0.2) is 41.0 Å². The Balaban J connectivity index is 1.86. The first-order chi connectivity index (χ1) is 14.5. The molecule has 0 saturated carbocycles. The fraction of sp³-hybridized carbons (Fsp3) is 0.333. The smallest absolute Gasteiger partial charge is 0.425 e. The van der Waals surface area contributed by atoms with Crippen molar-refractivity contribution in [2.75, 3.05) is 12.2 Å². The van der Waals surface area contributed by atoms with Gasteiger partial charge in [-0.05, 0) is 31.2 Å². The van der Waals surface area contributed by atoms with Crippen LogP contribution in [0.25, 0.3) is 0 Å². The number of pyridine rings is 2. The van der Waals surface area contributed by atoms with Crippen molar-refractivity contribution in [1.29, 1.82) is 0 Å². The number of hydrogen-bond acceptors (Lipinski definition) is 7. The van der Waals surface area contributed by atoms with Gasteiger partial charge in [-0.1, -0.05) is 0 Å². The van der Waals surface area contributed by atoms with Crippen LogP contribution in [0, 0.1) is 5.82 Å². The number of hydrogen-bond donors (Lipinski definition) is 2. The van der Waals surface area contributed by atoms with Gasteiger partial charge >= 0.3 is 6.18 Å². The number of halogens is 5. The SMILES string of the molecule is CC1(c2nc(NC(=O)c3ccc(OCF)cn3)ccc2F)CC(C(F)(F)F)OC(N)=N1. The summed E-state index contributed by atoms with van der Waals surface area (Å²) < 4.78 is 75.1. The molecule has 1 aliphatic rings. The van der Waals surface area contributed by atoms with Crippen molar-refractivity contribution in [1.82, 2.24) is 9.97 Å². The van der Waals surface area contributed by atoms with E-state index in [0.29, 0.717) is 0 Å². The van der Waals surface area contributed by atoms with E-state index in [1.807, 2.05) is 0 Å². The Labute approximate surface area is 172 Å². The lowest BCUT2D eigenvalue weighted by Gasteiger charge is -2.35. The fourth-order valence-electron chi connectivity index (χ4n) is 2.93. The van der Waals surface area contributed by atoms with Gasteiger partial charge in [-0.15, -0.1) is 0 Å². The van der Waals surface area contributed by atoms with Crippen LogP contribution in [0.5, 0.6) is 5.75 Å². The van der Waals surface area contributed by atoms with E-state index < -0.39 is 54.5 Å². The van der Waals surface area contributed by atoms with Crippen molar-refractivity contribution >= 4 is 17.7 Å². The molecule has 0 saturated heterocycles. The summed E-state index contributed by atoms with van der Waals surface area (Å²) in [4.78, 5) is 23.9. The average Bonchev–Trinajstić information content (AvgIpc) is 2.69. The van der Waals surface area contributed by atoms with E-state index in [1.165, 1.54) is 19.1 Å². The van der Waals surface area contributed by atoms with Gasteiger partial charge in [0.05, 0.1) is 6.20 Å². The molecule has 0 aromatic carbocycles. The molecule has 1 amide bonds. The van der Waals surface area contributed by atoms with Gasteiger partial charge in [0, 0.05) is 6.42 Å². The predicted molar refractivity (Wildman–Crippen MR) is 97.5 cm³/mol. The highest BCUT2D eigenvalue weighted by Crippen LogP contribution is 2.40. The Kier molecular flexibility index (Phi) is 5.95. The number of alkyl halides is 4. The van der Waals surface area contributed by atoms with E-state index >= 15 is 0 Å². The lowest BCUT2D eigenvalue weighted by molar-refractivity contribution is -0.208. The second kappa shape index (κ2) is 8.32. The van der Waals surface area contributed by atoms with Crippen LogP contribution < -0.4 is 15.8 Å². The van der Waals surface area contributed by atoms with Crippen molar-refractivity contribution in [3.05, 3.63) is 47.7 Å². The molecule has 2 aromatic rings. The number of ether oxygens (including phenoxy) is 2. The van der Waals surface area contributed by atoms with Crippen molar-refractivity contribution in [3.63, 3.8) is 0 Å². The predicted octanol–water partition coefficient (Wildman–Crippen LogP) is 3.05. The van der Waals surface area contributed by atoms with Crippen LogP contribution in [0.3, 0.4) is 0 Å². The molecule has 3 N–H and O–H groups in total. The summed E-state index contributed by atoms with van der Waals surface area (Å²) in [5.74, 6) is -1.74. The van der Waals surface area contributed by atoms with Crippen LogP contribution in [-0.2, 0) is 10.3 Å². The third kappa shape index (κ3) is 4.98. The molecule has 1 aliphatic heterocycles. The first kappa shape index (κ1) is 22.2. The van der Waals surface area contributed by atoms with Crippen molar-refractivity contribution in [2.45, 2.75) is 31.2 Å². The van der Waals surface area contributed by atoms with E-state index in [1.54, 1.807) is 0 Å². The zero-order valence-electron chi connectivity index (χ0n) is 15.9. The summed E-state index contributed by atoms with van der Waals surface area (Å²) in [7, 11) is 0. The molecule has 13 heteroatoms. The quantitative estimate of drug-likeness (QED) is 0.685. The number of amides is 1. The summed E-state index contributed by atoms with van der Waals surface area (Å²) in [5, 5.41) is 2.36. The third-order valence-corrected chi connectivity index (χ3v) is 4.36. The molecule has 0 radical (unpaired) electrons. The number of aromatic nitrogens is 2. The monoisotopic (exact) mass is 445 g/mol. The highest BCUT2D eigenvalue weighted by molar-refractivity contribution is 6.02. The minimum absolute atomic E-state index is 0.0874. The Morgan fingerprint density at radius 1 is 1.35 bits per heavy atom. The van der Waals surface area contributed by atoms with E-state index in [9.17, 15) is 26.7 Å². The van der Waals surface area contributed by atoms with Crippen LogP contribution >= 0.6 is 0 Å². The largest absolute Gasteiger partial charge is 0.461 e. The normalized spacial score (nSPS) is 21.1. The summed E-state index contributed by atoms with van der Waals surface area (Å²) in [6, 6.07) is 3.85. The van der Waals surface area contributed by atoms with Crippen LogP contribution in [0.1, 0.15) is 29.5 Å². The van der Waals surface area contributed by atoms with Gasteiger partial charge in [0.1, 0.15) is 34.3 Å². The van der Waals surface area contributed by atoms with Crippen LogP contribution in [0.2, 0.25) is 0 Å². The molecule has 2 unspecified atom stereocenters. The first-order valence-electron chi connectivity index (χ1n) is 8.74. The van der Waals surface area contributed by atoms with Gasteiger partial charge in [0.15, 0.2) is 6.10 Å². The Bertz CT molecular complexity index is 999. The zero-order chi connectivity index (χ0) is 22.8. The maximum Gasteiger partial charge on any atom is 0.425 e. The van der Waals surface area contributed by atoms with Gasteiger partial charge < -0.3 is 20.5 Å². The lowest BCUT2D eigenvalue weighted by atomic mass is 9.89. The maximum atomic E-state index is 14.5. The van der Waals surface area contributed by atoms with Gasteiger partial charge in [-0.3, -0.25) is 4.79 Å². The third-order valence-electron chi connectivity index (χ3n) is 4.36. The topological polar surface area (TPSA) is 112 Å². The summed E-state index contributed by atoms with van der Waals surface area (Å²) in [6.07, 6.45) is -6.71. The number of nitrogens with one attached hydrogen (secondary N) is 1. The van der Waals surface area contributed by atoms with Crippen molar-refractivity contribution in [3.8, 4) is 5.75 Å². The maximum absolute atomic E-state index is 14.5. The Morgan fingerprint density at radius 3 is 2.71 bits per heavy atom. The number of anilines is 1. The van der Waals surface area contributed by atoms with Crippen molar-refractivity contribution < 1.29 is 36.2 Å². The Morgan fingerprint density at radius 2 is 2.10 bits per heavy atom. The highest BCUT2D eigenvalue weighted by atomic mass is 19.4. The molecule has 3 heterocycles. The molecular formula is C18H16F5N5O3. The number of amidine groups is 1. The van der Waals surface area contributed by atoms with E-state index in [-0.39, 0.29) is 17.3 Å². The number of nitrogens with two attached hydrogens (primary N) is 1. The zero-order valence-corrected chi connectivity index (χ0v) is 15.9. The van der Waals surface area contributed by atoms with E-state index in [2.05, 4.69) is 29.8 Å². The molecule has 3 rings (SSSR count). The second-order valence-electron chi connectivity index (χ2n) is 6.69. The molecule has 0 aliphatic carbocycles. The molecular weight excluding hydrogens is 429 g/mol. The highest BCUT2D eigenvalue weighted by Gasteiger charge is 2.50. The number of carbonyl (C=O) groups excluding carboxylic acids is 1. The van der Waals surface area contributed by atoms with E-state index in [0.717, 1.165) is 18.3 Å². The summed E-state index contributed by atoms with van der Waals surface area (Å²) >= 11 is 0.